The summed E-state index contributed by atoms with van der Waals surface area (Å²) < 4.78 is 0.764. The standard InChI is InChI=1S/C19H18BrClN5P/c1-27(2)17-7-12(16-10-22-15(9-23-16)11-3-4-11)5-6-14(17)25-18-13(20)8-24-19(21)26-18/h5-11H,3-4H2,1-2H3,(H,24,25,26). The van der Waals surface area contributed by atoms with Crippen LogP contribution in [0.5, 0.6) is 0 Å². The molecule has 0 radical (unpaired) electrons. The molecule has 0 bridgehead atoms. The normalized spacial score (nSPS) is 13.8. The highest BCUT2D eigenvalue weighted by Crippen LogP contribution is 2.39. The van der Waals surface area contributed by atoms with Gasteiger partial charge in [-0.2, -0.15) is 4.98 Å². The van der Waals surface area contributed by atoms with E-state index in [0.717, 1.165) is 27.1 Å². The van der Waals surface area contributed by atoms with Crippen LogP contribution in [0, 0.1) is 0 Å². The zero-order valence-electron chi connectivity index (χ0n) is 14.9. The summed E-state index contributed by atoms with van der Waals surface area (Å²) in [5, 5.41) is 4.81. The molecule has 138 valence electrons. The smallest absolute Gasteiger partial charge is 0.224 e. The highest BCUT2D eigenvalue weighted by Gasteiger charge is 2.25. The van der Waals surface area contributed by atoms with Crippen LogP contribution in [0.3, 0.4) is 0 Å². The second-order valence-electron chi connectivity index (χ2n) is 6.69. The second-order valence-corrected chi connectivity index (χ2v) is 10.2. The zero-order chi connectivity index (χ0) is 19.0. The zero-order valence-corrected chi connectivity index (χ0v) is 18.2. The van der Waals surface area contributed by atoms with Gasteiger partial charge in [0.1, 0.15) is 5.82 Å². The third-order valence-electron chi connectivity index (χ3n) is 4.41. The Morgan fingerprint density at radius 2 is 1.93 bits per heavy atom. The Morgan fingerprint density at radius 1 is 1.11 bits per heavy atom. The summed E-state index contributed by atoms with van der Waals surface area (Å²) >= 11 is 9.40. The van der Waals surface area contributed by atoms with E-state index in [1.54, 1.807) is 6.20 Å². The number of halogens is 2. The fourth-order valence-corrected chi connectivity index (χ4v) is 4.24. The van der Waals surface area contributed by atoms with Gasteiger partial charge in [0, 0.05) is 29.6 Å². The molecule has 1 aromatic carbocycles. The van der Waals surface area contributed by atoms with Crippen molar-refractivity contribution in [3.8, 4) is 11.3 Å². The highest BCUT2D eigenvalue weighted by atomic mass is 79.9. The van der Waals surface area contributed by atoms with Crippen molar-refractivity contribution >= 4 is 52.3 Å². The summed E-state index contributed by atoms with van der Waals surface area (Å²) in [7, 11) is -0.345. The van der Waals surface area contributed by atoms with Crippen molar-refractivity contribution < 1.29 is 0 Å². The van der Waals surface area contributed by atoms with Gasteiger partial charge >= 0.3 is 0 Å². The molecule has 0 saturated heterocycles. The maximum atomic E-state index is 5.94. The van der Waals surface area contributed by atoms with Crippen molar-refractivity contribution in [1.29, 1.82) is 0 Å². The second kappa shape index (κ2) is 7.78. The Labute approximate surface area is 172 Å². The quantitative estimate of drug-likeness (QED) is 0.410. The number of hydrogen-bond acceptors (Lipinski definition) is 5. The minimum Gasteiger partial charge on any atom is -0.339 e. The molecule has 1 N–H and O–H groups in total. The molecule has 2 heterocycles. The van der Waals surface area contributed by atoms with Crippen molar-refractivity contribution in [3.05, 3.63) is 52.2 Å². The van der Waals surface area contributed by atoms with Gasteiger partial charge in [0.25, 0.3) is 0 Å². The van der Waals surface area contributed by atoms with Crippen LogP contribution in [0.2, 0.25) is 5.28 Å². The van der Waals surface area contributed by atoms with Gasteiger partial charge in [-0.15, -0.1) is 0 Å². The van der Waals surface area contributed by atoms with Crippen molar-refractivity contribution in [2.75, 3.05) is 18.6 Å². The number of aromatic nitrogens is 4. The highest BCUT2D eigenvalue weighted by molar-refractivity contribution is 9.10. The molecule has 0 unspecified atom stereocenters. The Kier molecular flexibility index (Phi) is 5.40. The van der Waals surface area contributed by atoms with Gasteiger partial charge in [0.2, 0.25) is 5.28 Å². The van der Waals surface area contributed by atoms with Gasteiger partial charge in [-0.25, -0.2) is 4.98 Å². The largest absolute Gasteiger partial charge is 0.339 e. The Bertz CT molecular complexity index is 976. The van der Waals surface area contributed by atoms with Crippen LogP contribution in [-0.2, 0) is 0 Å². The third-order valence-corrected chi connectivity index (χ3v) is 6.51. The molecular formula is C19H18BrClN5P. The van der Waals surface area contributed by atoms with Crippen molar-refractivity contribution in [2.45, 2.75) is 18.8 Å². The molecule has 0 atom stereocenters. The van der Waals surface area contributed by atoms with Gasteiger partial charge in [0.05, 0.1) is 22.1 Å². The molecule has 1 aliphatic rings. The SMILES string of the molecule is CP(C)c1cc(-c2cnc(C3CC3)cn2)ccc1Nc1nc(Cl)ncc1Br. The number of anilines is 2. The molecule has 0 amide bonds. The van der Waals surface area contributed by atoms with Crippen LogP contribution in [0.15, 0.2) is 41.3 Å². The molecule has 27 heavy (non-hydrogen) atoms. The first kappa shape index (κ1) is 18.7. The number of nitrogens with one attached hydrogen (secondary N) is 1. The van der Waals surface area contributed by atoms with E-state index < -0.39 is 0 Å². The first-order valence-corrected chi connectivity index (χ1v) is 12.0. The first-order chi connectivity index (χ1) is 13.0. The monoisotopic (exact) mass is 461 g/mol. The number of nitrogens with zero attached hydrogens (tertiary/aromatic N) is 4. The fraction of sp³-hybridized carbons (Fsp3) is 0.263. The van der Waals surface area contributed by atoms with Crippen molar-refractivity contribution in [1.82, 2.24) is 19.9 Å². The van der Waals surface area contributed by atoms with Gasteiger partial charge in [-0.1, -0.05) is 14.0 Å². The number of hydrogen-bond donors (Lipinski definition) is 1. The molecule has 3 aromatic rings. The average Bonchev–Trinajstić information content (AvgIpc) is 3.50. The van der Waals surface area contributed by atoms with Crippen molar-refractivity contribution in [3.63, 3.8) is 0 Å². The van der Waals surface area contributed by atoms with Crippen LogP contribution in [0.1, 0.15) is 24.5 Å². The molecular weight excluding hydrogens is 445 g/mol. The molecule has 1 aliphatic carbocycles. The molecule has 0 spiro atoms. The lowest BCUT2D eigenvalue weighted by atomic mass is 10.1. The summed E-state index contributed by atoms with van der Waals surface area (Å²) in [6, 6.07) is 6.31. The summed E-state index contributed by atoms with van der Waals surface area (Å²) in [6.07, 6.45) is 7.91. The van der Waals surface area contributed by atoms with E-state index in [4.69, 9.17) is 11.6 Å². The van der Waals surface area contributed by atoms with Crippen LogP contribution >= 0.6 is 35.5 Å². The summed E-state index contributed by atoms with van der Waals surface area (Å²) in [5.74, 6) is 1.26. The van der Waals surface area contributed by atoms with E-state index in [1.165, 1.54) is 18.1 Å². The third kappa shape index (κ3) is 4.29. The van der Waals surface area contributed by atoms with Gasteiger partial charge in [0.15, 0.2) is 0 Å². The van der Waals surface area contributed by atoms with E-state index in [9.17, 15) is 0 Å². The summed E-state index contributed by atoms with van der Waals surface area (Å²) in [6.45, 7) is 4.45. The molecule has 5 nitrogen and oxygen atoms in total. The topological polar surface area (TPSA) is 63.6 Å². The summed E-state index contributed by atoms with van der Waals surface area (Å²) in [5.41, 5.74) is 4.08. The van der Waals surface area contributed by atoms with E-state index in [-0.39, 0.29) is 13.2 Å². The predicted molar refractivity (Wildman–Crippen MR) is 116 cm³/mol. The van der Waals surface area contributed by atoms with Crippen LogP contribution in [0.4, 0.5) is 11.5 Å². The Hall–Kier alpha value is -1.62. The lowest BCUT2D eigenvalue weighted by molar-refractivity contribution is 0.991. The van der Waals surface area contributed by atoms with E-state index in [0.29, 0.717) is 11.7 Å². The molecule has 0 aliphatic heterocycles. The minimum atomic E-state index is -0.345. The molecule has 8 heteroatoms. The lowest BCUT2D eigenvalue weighted by Crippen LogP contribution is -2.09. The van der Waals surface area contributed by atoms with Crippen LogP contribution < -0.4 is 10.6 Å². The van der Waals surface area contributed by atoms with Gasteiger partial charge < -0.3 is 5.32 Å². The Balaban J connectivity index is 1.66. The summed E-state index contributed by atoms with van der Waals surface area (Å²) in [4.78, 5) is 17.5. The molecule has 1 fully saturated rings. The average molecular weight is 463 g/mol. The first-order valence-electron chi connectivity index (χ1n) is 8.60. The van der Waals surface area contributed by atoms with Gasteiger partial charge in [-0.05, 0) is 71.1 Å². The number of benzene rings is 1. The van der Waals surface area contributed by atoms with Crippen molar-refractivity contribution in [2.24, 2.45) is 0 Å². The maximum Gasteiger partial charge on any atom is 0.224 e. The minimum absolute atomic E-state index is 0.208. The van der Waals surface area contributed by atoms with Crippen LogP contribution in [-0.4, -0.2) is 33.3 Å². The molecule has 4 rings (SSSR count). The van der Waals surface area contributed by atoms with Crippen LogP contribution in [0.25, 0.3) is 11.3 Å². The number of rotatable bonds is 5. The lowest BCUT2D eigenvalue weighted by Gasteiger charge is -2.17. The molecule has 2 aromatic heterocycles. The fourth-order valence-electron chi connectivity index (χ4n) is 2.80. The Morgan fingerprint density at radius 3 is 2.59 bits per heavy atom. The van der Waals surface area contributed by atoms with E-state index in [1.807, 2.05) is 12.4 Å². The van der Waals surface area contributed by atoms with E-state index in [2.05, 4.69) is 72.7 Å². The van der Waals surface area contributed by atoms with E-state index >= 15 is 0 Å². The predicted octanol–water partition coefficient (Wildman–Crippen LogP) is 5.34. The maximum absolute atomic E-state index is 5.94. The molecule has 1 saturated carbocycles. The van der Waals surface area contributed by atoms with Gasteiger partial charge in [-0.3, -0.25) is 9.97 Å².